The molecule has 5 heteroatoms. The summed E-state index contributed by atoms with van der Waals surface area (Å²) < 4.78 is 11.9. The summed E-state index contributed by atoms with van der Waals surface area (Å²) in [5.41, 5.74) is 14.7. The maximum atomic E-state index is 7.15. The third kappa shape index (κ3) is 7.10. The second kappa shape index (κ2) is 15.3. The van der Waals surface area contributed by atoms with Gasteiger partial charge in [0.1, 0.15) is 23.1 Å². The summed E-state index contributed by atoms with van der Waals surface area (Å²) in [6.07, 6.45) is 1.97. The molecule has 0 saturated heterocycles. The number of pyridine rings is 1. The van der Waals surface area contributed by atoms with Crippen molar-refractivity contribution in [3.8, 4) is 45.5 Å². The van der Waals surface area contributed by atoms with Crippen LogP contribution in [0, 0.1) is 0 Å². The Labute approximate surface area is 407 Å². The van der Waals surface area contributed by atoms with E-state index in [2.05, 4.69) is 245 Å². The monoisotopic (exact) mass is 905 g/mol. The van der Waals surface area contributed by atoms with Crippen molar-refractivity contribution in [2.45, 2.75) is 117 Å². The largest absolute Gasteiger partial charge is 0.457 e. The summed E-state index contributed by atoms with van der Waals surface area (Å²) in [6.45, 7) is 30.1. The summed E-state index contributed by atoms with van der Waals surface area (Å²) in [4.78, 5) is 10.6. The van der Waals surface area contributed by atoms with E-state index in [1.165, 1.54) is 49.3 Å². The molecule has 5 nitrogen and oxygen atoms in total. The Morgan fingerprint density at radius 3 is 1.91 bits per heavy atom. The number of rotatable bonds is 6. The Kier molecular flexibility index (Phi) is 9.85. The second-order valence-corrected chi connectivity index (χ2v) is 23.7. The molecule has 0 spiro atoms. The smallest absolute Gasteiger partial charge is 0.145 e. The first kappa shape index (κ1) is 44.5. The van der Waals surface area contributed by atoms with E-state index in [9.17, 15) is 0 Å². The lowest BCUT2D eigenvalue weighted by Gasteiger charge is -2.37. The van der Waals surface area contributed by atoms with E-state index < -0.39 is 0 Å². The molecular formula is C64H64N4O. The number of fused-ring (bicyclic) bond motifs is 5. The van der Waals surface area contributed by atoms with Crippen molar-refractivity contribution in [3.63, 3.8) is 0 Å². The van der Waals surface area contributed by atoms with Gasteiger partial charge >= 0.3 is 0 Å². The van der Waals surface area contributed by atoms with Gasteiger partial charge in [-0.05, 0) is 139 Å². The highest BCUT2D eigenvalue weighted by molar-refractivity contribution is 6.21. The highest BCUT2D eigenvalue weighted by Crippen LogP contribution is 2.56. The van der Waals surface area contributed by atoms with Crippen LogP contribution >= 0.6 is 0 Å². The summed E-state index contributed by atoms with van der Waals surface area (Å²) in [7, 11) is 0. The molecule has 0 atom stereocenters. The average molecular weight is 905 g/mol. The molecular weight excluding hydrogens is 841 g/mol. The SMILES string of the molecule is CC(C)(C)c1cc(Oc2ccc3c4cc5c6c(cccc6c4n(-c4cc(C(C)(C)C)ccn4)c3c2)C(C)(C)C5(C)C)cc(-c2nc3ccccc3n2-c2ccc(C(C)(C)C)cc2-c2ccccc2)c1. The number of para-hydroxylation sites is 2. The van der Waals surface area contributed by atoms with E-state index in [0.29, 0.717) is 0 Å². The number of nitrogens with zero attached hydrogens (tertiary/aromatic N) is 4. The van der Waals surface area contributed by atoms with E-state index in [-0.39, 0.29) is 27.1 Å². The predicted octanol–water partition coefficient (Wildman–Crippen LogP) is 17.3. The van der Waals surface area contributed by atoms with E-state index in [1.54, 1.807) is 0 Å². The molecule has 0 N–H and O–H groups in total. The van der Waals surface area contributed by atoms with Crippen molar-refractivity contribution in [2.75, 3.05) is 0 Å². The third-order valence-corrected chi connectivity index (χ3v) is 15.6. The van der Waals surface area contributed by atoms with E-state index in [4.69, 9.17) is 14.7 Å². The summed E-state index contributed by atoms with van der Waals surface area (Å²) in [5.74, 6) is 3.28. The van der Waals surface area contributed by atoms with Gasteiger partial charge < -0.3 is 4.74 Å². The lowest BCUT2D eigenvalue weighted by molar-refractivity contribution is 0.322. The number of benzene rings is 7. The Hall–Kier alpha value is -6.98. The molecule has 0 fully saturated rings. The summed E-state index contributed by atoms with van der Waals surface area (Å²) >= 11 is 0. The molecule has 0 aliphatic heterocycles. The Morgan fingerprint density at radius 2 is 1.17 bits per heavy atom. The fraction of sp³-hybridized carbons (Fsp3) is 0.281. The van der Waals surface area contributed by atoms with Crippen molar-refractivity contribution in [3.05, 3.63) is 180 Å². The van der Waals surface area contributed by atoms with Crippen molar-refractivity contribution >= 4 is 43.6 Å². The Balaban J connectivity index is 1.12. The van der Waals surface area contributed by atoms with Gasteiger partial charge in [0, 0.05) is 39.5 Å². The van der Waals surface area contributed by atoms with Crippen LogP contribution in [0.25, 0.3) is 77.6 Å². The van der Waals surface area contributed by atoms with Crippen molar-refractivity contribution in [2.24, 2.45) is 0 Å². The van der Waals surface area contributed by atoms with Gasteiger partial charge in [-0.25, -0.2) is 9.97 Å². The maximum absolute atomic E-state index is 7.15. The Bertz CT molecular complexity index is 3690. The first-order valence-corrected chi connectivity index (χ1v) is 24.6. The molecule has 0 radical (unpaired) electrons. The minimum absolute atomic E-state index is 0.0257. The minimum atomic E-state index is -0.181. The second-order valence-electron chi connectivity index (χ2n) is 23.7. The zero-order valence-corrected chi connectivity index (χ0v) is 42.6. The van der Waals surface area contributed by atoms with Gasteiger partial charge in [0.15, 0.2) is 0 Å². The van der Waals surface area contributed by atoms with Crippen LogP contribution in [-0.2, 0) is 27.1 Å². The molecule has 11 rings (SSSR count). The molecule has 1 aliphatic carbocycles. The van der Waals surface area contributed by atoms with Crippen LogP contribution < -0.4 is 4.74 Å². The standard InChI is InChI=1S/C64H64N4O/c1-60(2,3)41-26-29-53(48(35-41)39-20-15-14-16-21-39)67-54-25-18-17-24-52(54)66-59(67)40-32-43(62(7,8)9)34-45(33-40)69-44-27-28-46-49-38-51-57-47(22-19-23-50(57)63(10,11)64(51,12)13)58(49)68(55(46)37-44)56-36-42(30-31-65-56)61(4,5)6/h14-38H,1-13H3. The molecule has 346 valence electrons. The highest BCUT2D eigenvalue weighted by Gasteiger charge is 2.47. The van der Waals surface area contributed by atoms with Crippen LogP contribution in [0.2, 0.25) is 0 Å². The molecule has 0 unspecified atom stereocenters. The van der Waals surface area contributed by atoms with Crippen LogP contribution in [-0.4, -0.2) is 19.1 Å². The van der Waals surface area contributed by atoms with Crippen LogP contribution in [0.5, 0.6) is 11.5 Å². The van der Waals surface area contributed by atoms with Crippen LogP contribution in [0.4, 0.5) is 0 Å². The number of ether oxygens (including phenoxy) is 1. The maximum Gasteiger partial charge on any atom is 0.145 e. The Morgan fingerprint density at radius 1 is 0.478 bits per heavy atom. The first-order chi connectivity index (χ1) is 32.6. The van der Waals surface area contributed by atoms with Gasteiger partial charge in [0.2, 0.25) is 0 Å². The topological polar surface area (TPSA) is 44.9 Å². The molecule has 3 aromatic heterocycles. The number of hydrogen-bond acceptors (Lipinski definition) is 3. The molecule has 3 heterocycles. The van der Waals surface area contributed by atoms with Crippen LogP contribution in [0.1, 0.15) is 118 Å². The molecule has 1 aliphatic rings. The minimum Gasteiger partial charge on any atom is -0.457 e. The zero-order chi connectivity index (χ0) is 48.6. The van der Waals surface area contributed by atoms with Gasteiger partial charge in [-0.2, -0.15) is 0 Å². The van der Waals surface area contributed by atoms with Crippen molar-refractivity contribution in [1.29, 1.82) is 0 Å². The molecule has 0 amide bonds. The van der Waals surface area contributed by atoms with Crippen molar-refractivity contribution < 1.29 is 4.74 Å². The molecule has 10 aromatic rings. The highest BCUT2D eigenvalue weighted by atomic mass is 16.5. The van der Waals surface area contributed by atoms with Gasteiger partial charge in [-0.1, -0.05) is 157 Å². The van der Waals surface area contributed by atoms with E-state index in [0.717, 1.165) is 67.6 Å². The van der Waals surface area contributed by atoms with E-state index in [1.807, 2.05) is 6.20 Å². The average Bonchev–Trinajstić information content (AvgIpc) is 3.90. The van der Waals surface area contributed by atoms with Gasteiger partial charge in [0.25, 0.3) is 0 Å². The van der Waals surface area contributed by atoms with Crippen molar-refractivity contribution in [1.82, 2.24) is 19.1 Å². The van der Waals surface area contributed by atoms with E-state index >= 15 is 0 Å². The molecule has 7 aromatic carbocycles. The quantitative estimate of drug-likeness (QED) is 0.167. The fourth-order valence-corrected chi connectivity index (χ4v) is 10.8. The normalized spacial score (nSPS) is 14.7. The predicted molar refractivity (Wildman–Crippen MR) is 290 cm³/mol. The third-order valence-electron chi connectivity index (χ3n) is 15.6. The van der Waals surface area contributed by atoms with Gasteiger partial charge in [-0.3, -0.25) is 9.13 Å². The summed E-state index contributed by atoms with van der Waals surface area (Å²) in [6, 6.07) is 53.2. The van der Waals surface area contributed by atoms with Crippen LogP contribution in [0.3, 0.4) is 0 Å². The van der Waals surface area contributed by atoms with Crippen LogP contribution in [0.15, 0.2) is 152 Å². The van der Waals surface area contributed by atoms with Gasteiger partial charge in [0.05, 0.1) is 27.8 Å². The fourth-order valence-electron chi connectivity index (χ4n) is 10.8. The summed E-state index contributed by atoms with van der Waals surface area (Å²) in [5, 5.41) is 5.03. The molecule has 69 heavy (non-hydrogen) atoms. The lowest BCUT2D eigenvalue weighted by atomic mass is 9.66. The zero-order valence-electron chi connectivity index (χ0n) is 42.6. The number of aromatic nitrogens is 4. The molecule has 0 bridgehead atoms. The number of imidazole rings is 1. The lowest BCUT2D eigenvalue weighted by Crippen LogP contribution is -2.35. The number of hydrogen-bond donors (Lipinski definition) is 0. The molecule has 0 saturated carbocycles. The van der Waals surface area contributed by atoms with Gasteiger partial charge in [-0.15, -0.1) is 0 Å². The first-order valence-electron chi connectivity index (χ1n) is 24.6.